The van der Waals surface area contributed by atoms with Crippen molar-refractivity contribution in [2.45, 2.75) is 38.1 Å². The highest BCUT2D eigenvalue weighted by Gasteiger charge is 2.22. The van der Waals surface area contributed by atoms with Crippen LogP contribution in [-0.4, -0.2) is 69.6 Å². The molecular weight excluding hydrogens is 506 g/mol. The molecule has 0 unspecified atom stereocenters. The van der Waals surface area contributed by atoms with E-state index in [1.165, 1.54) is 19.3 Å². The minimum Gasteiger partial charge on any atom is -0.494 e. The topological polar surface area (TPSA) is 129 Å². The van der Waals surface area contributed by atoms with E-state index in [0.29, 0.717) is 17.6 Å². The maximum absolute atomic E-state index is 5.76. The van der Waals surface area contributed by atoms with Gasteiger partial charge < -0.3 is 30.0 Å². The van der Waals surface area contributed by atoms with Crippen LogP contribution >= 0.6 is 0 Å². The Labute approximate surface area is 231 Å². The van der Waals surface area contributed by atoms with Gasteiger partial charge in [-0.15, -0.1) is 0 Å². The number of aromatic amines is 2. The van der Waals surface area contributed by atoms with Gasteiger partial charge in [0.2, 0.25) is 5.95 Å². The first-order valence-electron chi connectivity index (χ1n) is 14.0. The molecule has 40 heavy (non-hydrogen) atoms. The maximum atomic E-state index is 5.76. The molecule has 2 aromatic carbocycles. The summed E-state index contributed by atoms with van der Waals surface area (Å²) in [5, 5.41) is 15.8. The summed E-state index contributed by atoms with van der Waals surface area (Å²) in [5.41, 5.74) is 6.26. The average molecular weight is 540 g/mol. The van der Waals surface area contributed by atoms with E-state index in [-0.39, 0.29) is 0 Å². The number of imidazole rings is 1. The number of nitrogens with one attached hydrogen (secondary N) is 4. The fourth-order valence-corrected chi connectivity index (χ4v) is 5.75. The van der Waals surface area contributed by atoms with Gasteiger partial charge in [-0.1, -0.05) is 25.3 Å². The second-order valence-corrected chi connectivity index (χ2v) is 10.4. The number of morpholine rings is 1. The monoisotopic (exact) mass is 539 g/mol. The maximum Gasteiger partial charge on any atom is 0.231 e. The van der Waals surface area contributed by atoms with E-state index >= 15 is 0 Å². The molecule has 1 saturated carbocycles. The van der Waals surface area contributed by atoms with Crippen LogP contribution in [0, 0.1) is 0 Å². The van der Waals surface area contributed by atoms with Crippen molar-refractivity contribution in [3.05, 3.63) is 42.7 Å². The first-order chi connectivity index (χ1) is 19.7. The third-order valence-electron chi connectivity index (χ3n) is 7.88. The van der Waals surface area contributed by atoms with E-state index in [2.05, 4.69) is 47.8 Å². The Morgan fingerprint density at radius 1 is 1.02 bits per heavy atom. The highest BCUT2D eigenvalue weighted by molar-refractivity contribution is 6.00. The predicted octanol–water partition coefficient (Wildman–Crippen LogP) is 5.23. The first-order valence-corrected chi connectivity index (χ1v) is 14.0. The van der Waals surface area contributed by atoms with Crippen molar-refractivity contribution in [3.8, 4) is 17.0 Å². The number of rotatable bonds is 7. The predicted molar refractivity (Wildman–Crippen MR) is 157 cm³/mol. The minimum atomic E-state index is 0.361. The van der Waals surface area contributed by atoms with Gasteiger partial charge in [0.25, 0.3) is 0 Å². The van der Waals surface area contributed by atoms with Crippen molar-refractivity contribution >= 4 is 45.2 Å². The van der Waals surface area contributed by atoms with Crippen molar-refractivity contribution in [3.63, 3.8) is 0 Å². The third-order valence-corrected chi connectivity index (χ3v) is 7.88. The second-order valence-electron chi connectivity index (χ2n) is 10.4. The van der Waals surface area contributed by atoms with Crippen LogP contribution in [0.1, 0.15) is 32.1 Å². The van der Waals surface area contributed by atoms with E-state index in [4.69, 9.17) is 19.4 Å². The van der Waals surface area contributed by atoms with E-state index in [0.717, 1.165) is 89.8 Å². The Morgan fingerprint density at radius 2 is 1.90 bits per heavy atom. The molecule has 0 radical (unpaired) electrons. The summed E-state index contributed by atoms with van der Waals surface area (Å²) in [7, 11) is 1.68. The highest BCUT2D eigenvalue weighted by Crippen LogP contribution is 2.36. The van der Waals surface area contributed by atoms with Gasteiger partial charge in [-0.05, 0) is 37.1 Å². The zero-order valence-electron chi connectivity index (χ0n) is 22.5. The number of fused-ring (bicyclic) bond motifs is 2. The standard InChI is InChI=1S/C29H33N9O2/c1-39-24-16-20(38-11-13-40-14-12-38)8-10-22(24)33-29-34-27(32-19-5-3-2-4-6-19)25-26(36-37-28(25)35-29)18-7-9-21-23(15-18)31-17-30-21/h7-10,15-17,19H,2-6,11-14H2,1H3,(H,30,31)(H3,32,33,34,35,36,37). The molecule has 0 spiro atoms. The minimum absolute atomic E-state index is 0.361. The molecule has 11 nitrogen and oxygen atoms in total. The lowest BCUT2D eigenvalue weighted by atomic mass is 9.95. The molecule has 0 atom stereocenters. The summed E-state index contributed by atoms with van der Waals surface area (Å²) in [6.45, 7) is 3.18. The Balaban J connectivity index is 1.26. The quantitative estimate of drug-likeness (QED) is 0.220. The third kappa shape index (κ3) is 4.77. The number of hydrogen-bond acceptors (Lipinski definition) is 9. The van der Waals surface area contributed by atoms with Gasteiger partial charge in [-0.3, -0.25) is 5.10 Å². The van der Waals surface area contributed by atoms with Crippen LogP contribution < -0.4 is 20.3 Å². The summed E-state index contributed by atoms with van der Waals surface area (Å²) < 4.78 is 11.3. The molecule has 4 heterocycles. The highest BCUT2D eigenvalue weighted by atomic mass is 16.5. The molecule has 5 aromatic rings. The fourth-order valence-electron chi connectivity index (χ4n) is 5.75. The molecule has 1 aliphatic carbocycles. The Hall–Kier alpha value is -4.38. The number of aromatic nitrogens is 6. The number of methoxy groups -OCH3 is 1. The Bertz CT molecular complexity index is 1630. The summed E-state index contributed by atoms with van der Waals surface area (Å²) in [5.74, 6) is 1.96. The molecule has 7 rings (SSSR count). The fraction of sp³-hybridized carbons (Fsp3) is 0.379. The van der Waals surface area contributed by atoms with Crippen LogP contribution in [0.4, 0.5) is 23.1 Å². The smallest absolute Gasteiger partial charge is 0.231 e. The molecule has 2 aliphatic rings. The summed E-state index contributed by atoms with van der Waals surface area (Å²) in [6, 6.07) is 12.6. The lowest BCUT2D eigenvalue weighted by Crippen LogP contribution is -2.36. The van der Waals surface area contributed by atoms with Crippen LogP contribution in [0.3, 0.4) is 0 Å². The SMILES string of the molecule is COc1cc(N2CCOCC2)ccc1Nc1nc(NC2CCCCC2)c2c(-c3ccc4nc[nH]c4c3)[nH]nc2n1. The molecule has 11 heteroatoms. The number of hydrogen-bond donors (Lipinski definition) is 4. The second kappa shape index (κ2) is 10.6. The van der Waals surface area contributed by atoms with E-state index < -0.39 is 0 Å². The van der Waals surface area contributed by atoms with Crippen molar-refractivity contribution in [2.24, 2.45) is 0 Å². The van der Waals surface area contributed by atoms with Crippen LogP contribution in [0.25, 0.3) is 33.3 Å². The zero-order chi connectivity index (χ0) is 26.9. The molecular formula is C29H33N9O2. The first kappa shape index (κ1) is 24.6. The van der Waals surface area contributed by atoms with Gasteiger partial charge >= 0.3 is 0 Å². The molecule has 206 valence electrons. The van der Waals surface area contributed by atoms with Gasteiger partial charge in [-0.25, -0.2) is 4.98 Å². The van der Waals surface area contributed by atoms with Crippen molar-refractivity contribution in [1.29, 1.82) is 0 Å². The van der Waals surface area contributed by atoms with Crippen molar-refractivity contribution in [1.82, 2.24) is 30.1 Å². The van der Waals surface area contributed by atoms with Crippen LogP contribution in [0.15, 0.2) is 42.7 Å². The van der Waals surface area contributed by atoms with Gasteiger partial charge in [0.1, 0.15) is 11.6 Å². The van der Waals surface area contributed by atoms with Crippen LogP contribution in [0.5, 0.6) is 5.75 Å². The molecule has 0 amide bonds. The molecule has 1 aliphatic heterocycles. The molecule has 4 N–H and O–H groups in total. The summed E-state index contributed by atoms with van der Waals surface area (Å²) in [4.78, 5) is 19.6. The number of anilines is 4. The van der Waals surface area contributed by atoms with Crippen molar-refractivity contribution < 1.29 is 9.47 Å². The largest absolute Gasteiger partial charge is 0.494 e. The van der Waals surface area contributed by atoms with Crippen molar-refractivity contribution in [2.75, 3.05) is 48.9 Å². The Kier molecular flexibility index (Phi) is 6.56. The van der Waals surface area contributed by atoms with E-state index in [1.54, 1.807) is 13.4 Å². The summed E-state index contributed by atoms with van der Waals surface area (Å²) >= 11 is 0. The zero-order valence-corrected chi connectivity index (χ0v) is 22.5. The van der Waals surface area contributed by atoms with Crippen LogP contribution in [0.2, 0.25) is 0 Å². The summed E-state index contributed by atoms with van der Waals surface area (Å²) in [6.07, 6.45) is 7.68. The normalized spacial score (nSPS) is 16.5. The van der Waals surface area contributed by atoms with Gasteiger partial charge in [0.15, 0.2) is 5.65 Å². The number of H-pyrrole nitrogens is 2. The van der Waals surface area contributed by atoms with Crippen LogP contribution in [-0.2, 0) is 4.74 Å². The Morgan fingerprint density at radius 3 is 2.75 bits per heavy atom. The molecule has 2 fully saturated rings. The molecule has 3 aromatic heterocycles. The average Bonchev–Trinajstić information content (AvgIpc) is 3.65. The number of benzene rings is 2. The lowest BCUT2D eigenvalue weighted by Gasteiger charge is -2.29. The van der Waals surface area contributed by atoms with Gasteiger partial charge in [0, 0.05) is 36.4 Å². The van der Waals surface area contributed by atoms with E-state index in [1.807, 2.05) is 24.3 Å². The molecule has 0 bridgehead atoms. The number of ether oxygens (including phenoxy) is 2. The number of nitrogens with zero attached hydrogens (tertiary/aromatic N) is 5. The van der Waals surface area contributed by atoms with Gasteiger partial charge in [0.05, 0.1) is 54.5 Å². The van der Waals surface area contributed by atoms with Gasteiger partial charge in [-0.2, -0.15) is 15.1 Å². The van der Waals surface area contributed by atoms with E-state index in [9.17, 15) is 0 Å². The molecule has 1 saturated heterocycles. The lowest BCUT2D eigenvalue weighted by molar-refractivity contribution is 0.122.